The maximum atomic E-state index is 9.06. The fraction of sp³-hybridized carbons (Fsp3) is 0.0667. The molecule has 0 amide bonds. The van der Waals surface area contributed by atoms with Gasteiger partial charge in [0.2, 0.25) is 0 Å². The predicted molar refractivity (Wildman–Crippen MR) is 83.8 cm³/mol. The monoisotopic (exact) mass is 352 g/mol. The van der Waals surface area contributed by atoms with Crippen LogP contribution in [0.15, 0.2) is 46.2 Å². The van der Waals surface area contributed by atoms with Crippen LogP contribution >= 0.6 is 15.9 Å². The molecule has 1 aromatic heterocycles. The summed E-state index contributed by atoms with van der Waals surface area (Å²) in [4.78, 5) is 0. The van der Waals surface area contributed by atoms with Crippen molar-refractivity contribution in [3.8, 4) is 29.5 Å². The van der Waals surface area contributed by atoms with E-state index in [9.17, 15) is 0 Å². The lowest BCUT2D eigenvalue weighted by atomic mass is 10.1. The van der Waals surface area contributed by atoms with Gasteiger partial charge in [-0.1, -0.05) is 12.1 Å². The van der Waals surface area contributed by atoms with E-state index in [2.05, 4.69) is 26.3 Å². The van der Waals surface area contributed by atoms with Gasteiger partial charge in [-0.3, -0.25) is 4.68 Å². The van der Waals surface area contributed by atoms with Gasteiger partial charge in [-0.05, 0) is 28.1 Å². The number of halogens is 1. The Kier molecular flexibility index (Phi) is 4.58. The van der Waals surface area contributed by atoms with Crippen LogP contribution in [0.25, 0.3) is 11.3 Å². The lowest BCUT2D eigenvalue weighted by Gasteiger charge is -2.06. The minimum atomic E-state index is -0.257. The molecule has 0 fully saturated rings. The van der Waals surface area contributed by atoms with Crippen molar-refractivity contribution in [3.05, 3.63) is 46.2 Å². The van der Waals surface area contributed by atoms with Gasteiger partial charge in [-0.2, -0.15) is 20.9 Å². The van der Waals surface area contributed by atoms with E-state index in [-0.39, 0.29) is 11.3 Å². The maximum Gasteiger partial charge on any atom is 0.163 e. The van der Waals surface area contributed by atoms with Gasteiger partial charge in [0.15, 0.2) is 5.57 Å². The zero-order chi connectivity index (χ0) is 16.1. The summed E-state index contributed by atoms with van der Waals surface area (Å²) in [5.74, 6) is 0. The molecule has 0 aliphatic rings. The van der Waals surface area contributed by atoms with Crippen LogP contribution in [0, 0.1) is 34.0 Å². The third kappa shape index (κ3) is 3.15. The molecule has 106 valence electrons. The van der Waals surface area contributed by atoms with Crippen LogP contribution in [-0.4, -0.2) is 9.78 Å². The topological polar surface area (TPSA) is 101 Å². The molecular formula is C15H9BrN6. The Morgan fingerprint density at radius 3 is 2.50 bits per heavy atom. The number of allylic oxidation sites excluding steroid dienone is 2. The second-order valence-electron chi connectivity index (χ2n) is 4.29. The highest BCUT2D eigenvalue weighted by molar-refractivity contribution is 9.10. The molecular weight excluding hydrogens is 344 g/mol. The number of hydrogen-bond acceptors (Lipinski definition) is 5. The van der Waals surface area contributed by atoms with Crippen molar-refractivity contribution in [1.29, 1.82) is 15.8 Å². The summed E-state index contributed by atoms with van der Waals surface area (Å²) >= 11 is 3.44. The van der Waals surface area contributed by atoms with Crippen LogP contribution in [0.3, 0.4) is 0 Å². The van der Waals surface area contributed by atoms with Gasteiger partial charge in [0.1, 0.15) is 29.6 Å². The van der Waals surface area contributed by atoms with Crippen molar-refractivity contribution in [2.24, 2.45) is 7.05 Å². The third-order valence-electron chi connectivity index (χ3n) is 2.77. The van der Waals surface area contributed by atoms with Crippen molar-refractivity contribution in [1.82, 2.24) is 9.78 Å². The summed E-state index contributed by atoms with van der Waals surface area (Å²) < 4.78 is 2.53. The lowest BCUT2D eigenvalue weighted by molar-refractivity contribution is 0.770. The zero-order valence-corrected chi connectivity index (χ0v) is 13.1. The van der Waals surface area contributed by atoms with Crippen LogP contribution in [0.4, 0.5) is 5.69 Å². The quantitative estimate of drug-likeness (QED) is 0.855. The minimum Gasteiger partial charge on any atom is -0.345 e. The first kappa shape index (κ1) is 15.3. The number of aryl methyl sites for hydroxylation is 1. The van der Waals surface area contributed by atoms with Gasteiger partial charge in [-0.15, -0.1) is 0 Å². The summed E-state index contributed by atoms with van der Waals surface area (Å²) in [7, 11) is 1.82. The summed E-state index contributed by atoms with van der Waals surface area (Å²) in [5, 5.41) is 33.9. The molecule has 0 aliphatic heterocycles. The summed E-state index contributed by atoms with van der Waals surface area (Å²) in [6.07, 6.45) is 1.83. The largest absolute Gasteiger partial charge is 0.345 e. The Morgan fingerprint density at radius 1 is 1.23 bits per heavy atom. The molecule has 2 aromatic rings. The highest BCUT2D eigenvalue weighted by Crippen LogP contribution is 2.28. The van der Waals surface area contributed by atoms with Crippen molar-refractivity contribution >= 4 is 21.6 Å². The molecule has 1 N–H and O–H groups in total. The first-order chi connectivity index (χ1) is 10.6. The molecule has 0 unspecified atom stereocenters. The van der Waals surface area contributed by atoms with E-state index in [1.807, 2.05) is 25.4 Å². The van der Waals surface area contributed by atoms with Gasteiger partial charge < -0.3 is 5.32 Å². The molecule has 7 heteroatoms. The summed E-state index contributed by atoms with van der Waals surface area (Å²) in [5.41, 5.74) is 1.85. The average molecular weight is 353 g/mol. The predicted octanol–water partition coefficient (Wildman–Crippen LogP) is 3.09. The summed E-state index contributed by atoms with van der Waals surface area (Å²) in [6, 6.07) is 12.4. The van der Waals surface area contributed by atoms with E-state index in [1.54, 1.807) is 35.0 Å². The van der Waals surface area contributed by atoms with Crippen LogP contribution < -0.4 is 5.32 Å². The standard InChI is InChI=1S/C15H9BrN6/c1-22-9-13(16)15(21-22)10-3-2-4-12(5-10)20-14(8-19)11(6-17)7-18/h2-5,9,20H,1H3. The molecule has 0 bridgehead atoms. The molecule has 2 rings (SSSR count). The molecule has 1 aromatic carbocycles. The molecule has 0 saturated carbocycles. The zero-order valence-electron chi connectivity index (χ0n) is 11.5. The average Bonchev–Trinajstić information content (AvgIpc) is 2.86. The SMILES string of the molecule is Cn1cc(Br)c(-c2cccc(NC(C#N)=C(C#N)C#N)c2)n1. The second kappa shape index (κ2) is 6.58. The highest BCUT2D eigenvalue weighted by Gasteiger charge is 2.10. The van der Waals surface area contributed by atoms with E-state index in [1.165, 1.54) is 0 Å². The van der Waals surface area contributed by atoms with E-state index in [0.29, 0.717) is 5.69 Å². The number of anilines is 1. The van der Waals surface area contributed by atoms with E-state index in [4.69, 9.17) is 15.8 Å². The Bertz CT molecular complexity index is 857. The van der Waals surface area contributed by atoms with Crippen molar-refractivity contribution < 1.29 is 0 Å². The Morgan fingerprint density at radius 2 is 1.95 bits per heavy atom. The Labute approximate surface area is 135 Å². The van der Waals surface area contributed by atoms with Gasteiger partial charge in [0.25, 0.3) is 0 Å². The minimum absolute atomic E-state index is 0.0813. The van der Waals surface area contributed by atoms with Gasteiger partial charge in [0, 0.05) is 24.5 Å². The molecule has 1 heterocycles. The number of nitrogens with one attached hydrogen (secondary N) is 1. The third-order valence-corrected chi connectivity index (χ3v) is 3.36. The summed E-state index contributed by atoms with van der Waals surface area (Å²) in [6.45, 7) is 0. The number of nitrogens with zero attached hydrogens (tertiary/aromatic N) is 5. The lowest BCUT2D eigenvalue weighted by Crippen LogP contribution is -2.00. The number of aromatic nitrogens is 2. The molecule has 0 atom stereocenters. The molecule has 0 saturated heterocycles. The molecule has 0 aliphatic carbocycles. The van der Waals surface area contributed by atoms with Gasteiger partial charge in [0.05, 0.1) is 4.47 Å². The Balaban J connectivity index is 2.41. The van der Waals surface area contributed by atoms with Crippen molar-refractivity contribution in [3.63, 3.8) is 0 Å². The fourth-order valence-corrected chi connectivity index (χ4v) is 2.43. The van der Waals surface area contributed by atoms with Crippen LogP contribution in [0.2, 0.25) is 0 Å². The Hall–Kier alpha value is -3.08. The van der Waals surface area contributed by atoms with Crippen LogP contribution in [-0.2, 0) is 7.05 Å². The number of nitriles is 3. The van der Waals surface area contributed by atoms with Crippen molar-refractivity contribution in [2.45, 2.75) is 0 Å². The van der Waals surface area contributed by atoms with Gasteiger partial charge in [-0.25, -0.2) is 0 Å². The van der Waals surface area contributed by atoms with E-state index in [0.717, 1.165) is 15.7 Å². The van der Waals surface area contributed by atoms with E-state index < -0.39 is 0 Å². The number of benzene rings is 1. The maximum absolute atomic E-state index is 9.06. The first-order valence-electron chi connectivity index (χ1n) is 6.10. The molecule has 22 heavy (non-hydrogen) atoms. The van der Waals surface area contributed by atoms with Crippen LogP contribution in [0.1, 0.15) is 0 Å². The fourth-order valence-electron chi connectivity index (χ4n) is 1.83. The van der Waals surface area contributed by atoms with E-state index >= 15 is 0 Å². The molecule has 0 spiro atoms. The number of hydrogen-bond donors (Lipinski definition) is 1. The smallest absolute Gasteiger partial charge is 0.163 e. The molecule has 0 radical (unpaired) electrons. The second-order valence-corrected chi connectivity index (χ2v) is 5.14. The highest BCUT2D eigenvalue weighted by atomic mass is 79.9. The first-order valence-corrected chi connectivity index (χ1v) is 6.89. The molecule has 6 nitrogen and oxygen atoms in total. The van der Waals surface area contributed by atoms with Crippen LogP contribution in [0.5, 0.6) is 0 Å². The van der Waals surface area contributed by atoms with Gasteiger partial charge >= 0.3 is 0 Å². The van der Waals surface area contributed by atoms with Crippen molar-refractivity contribution in [2.75, 3.05) is 5.32 Å². The normalized spacial score (nSPS) is 9.23. The number of rotatable bonds is 3.